The monoisotopic (exact) mass is 462 g/mol. The number of benzene rings is 1. The highest BCUT2D eigenvalue weighted by atomic mass is 35.5. The summed E-state index contributed by atoms with van der Waals surface area (Å²) in [5.74, 6) is -0.0760. The number of fused-ring (bicyclic) bond motifs is 1. The van der Waals surface area contributed by atoms with E-state index >= 15 is 0 Å². The molecule has 1 saturated heterocycles. The van der Waals surface area contributed by atoms with Crippen molar-refractivity contribution in [3.8, 4) is 11.3 Å². The molecule has 6 nitrogen and oxygen atoms in total. The maximum Gasteiger partial charge on any atom is 0.252 e. The maximum atomic E-state index is 13.2. The van der Waals surface area contributed by atoms with Gasteiger partial charge in [-0.05, 0) is 50.2 Å². The molecule has 1 aliphatic heterocycles. The van der Waals surface area contributed by atoms with Crippen LogP contribution in [0.25, 0.3) is 22.2 Å². The molecule has 1 aromatic carbocycles. The first-order chi connectivity index (χ1) is 14.2. The van der Waals surface area contributed by atoms with Crippen molar-refractivity contribution in [3.63, 3.8) is 0 Å². The first-order valence-corrected chi connectivity index (χ1v) is 9.99. The van der Waals surface area contributed by atoms with Crippen molar-refractivity contribution in [3.05, 3.63) is 60.4 Å². The predicted octanol–water partition coefficient (Wildman–Crippen LogP) is 3.89. The number of pyridine rings is 2. The fraction of sp³-hybridized carbons (Fsp3) is 0.348. The van der Waals surface area contributed by atoms with Crippen molar-refractivity contribution in [1.29, 1.82) is 0 Å². The Balaban J connectivity index is 0.00000171. The SMILES string of the molecule is COCC1(CNC(=O)c2cc(-c3ccncc3)nc3ccccc23)CCNCC1.Cl.Cl. The lowest BCUT2D eigenvalue weighted by molar-refractivity contribution is 0.0512. The second kappa shape index (κ2) is 11.4. The molecule has 1 amide bonds. The fourth-order valence-corrected chi connectivity index (χ4v) is 4.03. The van der Waals surface area contributed by atoms with Gasteiger partial charge in [0.1, 0.15) is 0 Å². The third kappa shape index (κ3) is 5.71. The van der Waals surface area contributed by atoms with Gasteiger partial charge in [-0.1, -0.05) is 18.2 Å². The van der Waals surface area contributed by atoms with Gasteiger partial charge in [0.2, 0.25) is 0 Å². The van der Waals surface area contributed by atoms with E-state index in [1.807, 2.05) is 42.5 Å². The molecular formula is C23H28Cl2N4O2. The van der Waals surface area contributed by atoms with Crippen molar-refractivity contribution in [2.75, 3.05) is 33.4 Å². The van der Waals surface area contributed by atoms with Crippen LogP contribution < -0.4 is 10.6 Å². The van der Waals surface area contributed by atoms with E-state index in [2.05, 4.69) is 15.6 Å². The second-order valence-corrected chi connectivity index (χ2v) is 7.67. The number of nitrogens with one attached hydrogen (secondary N) is 2. The number of carbonyl (C=O) groups excluding carboxylic acids is 1. The van der Waals surface area contributed by atoms with Gasteiger partial charge >= 0.3 is 0 Å². The number of amides is 1. The molecule has 8 heteroatoms. The van der Waals surface area contributed by atoms with Gasteiger partial charge in [-0.15, -0.1) is 24.8 Å². The van der Waals surface area contributed by atoms with E-state index in [1.165, 1.54) is 0 Å². The number of ether oxygens (including phenoxy) is 1. The molecule has 0 saturated carbocycles. The van der Waals surface area contributed by atoms with Crippen molar-refractivity contribution >= 4 is 41.6 Å². The summed E-state index contributed by atoms with van der Waals surface area (Å²) >= 11 is 0. The number of hydrogen-bond donors (Lipinski definition) is 2. The summed E-state index contributed by atoms with van der Waals surface area (Å²) in [7, 11) is 1.73. The van der Waals surface area contributed by atoms with Gasteiger partial charge in [0.15, 0.2) is 0 Å². The van der Waals surface area contributed by atoms with E-state index in [1.54, 1.807) is 19.5 Å². The van der Waals surface area contributed by atoms with Gasteiger partial charge in [-0.25, -0.2) is 4.98 Å². The topological polar surface area (TPSA) is 76.1 Å². The third-order valence-corrected chi connectivity index (χ3v) is 5.68. The fourth-order valence-electron chi connectivity index (χ4n) is 4.03. The number of rotatable bonds is 6. The number of piperidine rings is 1. The van der Waals surface area contributed by atoms with Crippen LogP contribution in [0.2, 0.25) is 0 Å². The average molecular weight is 463 g/mol. The van der Waals surface area contributed by atoms with E-state index in [-0.39, 0.29) is 36.1 Å². The second-order valence-electron chi connectivity index (χ2n) is 7.67. The Labute approximate surface area is 195 Å². The van der Waals surface area contributed by atoms with E-state index in [0.717, 1.165) is 48.1 Å². The lowest BCUT2D eigenvalue weighted by Crippen LogP contribution is -2.47. The molecule has 0 bridgehead atoms. The summed E-state index contributed by atoms with van der Waals surface area (Å²) in [5, 5.41) is 7.42. The Hall–Kier alpha value is -2.25. The van der Waals surface area contributed by atoms with Gasteiger partial charge in [0, 0.05) is 42.4 Å². The molecule has 166 valence electrons. The molecule has 0 unspecified atom stereocenters. The Kier molecular flexibility index (Phi) is 9.19. The van der Waals surface area contributed by atoms with Gasteiger partial charge < -0.3 is 15.4 Å². The maximum absolute atomic E-state index is 13.2. The molecule has 0 spiro atoms. The molecule has 0 radical (unpaired) electrons. The van der Waals surface area contributed by atoms with Crippen molar-refractivity contribution in [1.82, 2.24) is 20.6 Å². The average Bonchev–Trinajstić information content (AvgIpc) is 2.78. The summed E-state index contributed by atoms with van der Waals surface area (Å²) in [4.78, 5) is 22.0. The van der Waals surface area contributed by atoms with E-state index in [0.29, 0.717) is 18.7 Å². The van der Waals surface area contributed by atoms with E-state index in [9.17, 15) is 4.79 Å². The number of aromatic nitrogens is 2. The zero-order valence-electron chi connectivity index (χ0n) is 17.5. The lowest BCUT2D eigenvalue weighted by atomic mass is 9.79. The van der Waals surface area contributed by atoms with Gasteiger partial charge in [0.25, 0.3) is 5.91 Å². The van der Waals surface area contributed by atoms with Gasteiger partial charge in [0.05, 0.1) is 23.4 Å². The van der Waals surface area contributed by atoms with Gasteiger partial charge in [-0.3, -0.25) is 9.78 Å². The molecule has 0 aliphatic carbocycles. The highest BCUT2D eigenvalue weighted by Crippen LogP contribution is 2.29. The van der Waals surface area contributed by atoms with Crippen LogP contribution in [-0.4, -0.2) is 49.2 Å². The normalized spacial score (nSPS) is 14.9. The minimum Gasteiger partial charge on any atom is -0.384 e. The molecule has 1 aliphatic rings. The van der Waals surface area contributed by atoms with Crippen LogP contribution in [0.15, 0.2) is 54.9 Å². The largest absolute Gasteiger partial charge is 0.384 e. The van der Waals surface area contributed by atoms with Crippen molar-refractivity contribution in [2.24, 2.45) is 5.41 Å². The zero-order chi connectivity index (χ0) is 20.1. The molecule has 2 N–H and O–H groups in total. The number of nitrogens with zero attached hydrogens (tertiary/aromatic N) is 2. The minimum absolute atomic E-state index is 0. The minimum atomic E-state index is -0.0760. The third-order valence-electron chi connectivity index (χ3n) is 5.68. The number of hydrogen-bond acceptors (Lipinski definition) is 5. The number of carbonyl (C=O) groups is 1. The molecule has 4 rings (SSSR count). The van der Waals surface area contributed by atoms with Crippen LogP contribution >= 0.6 is 24.8 Å². The van der Waals surface area contributed by atoms with Crippen LogP contribution in [0, 0.1) is 5.41 Å². The summed E-state index contributed by atoms with van der Waals surface area (Å²) in [6.45, 7) is 3.14. The Morgan fingerprint density at radius 3 is 2.55 bits per heavy atom. The van der Waals surface area contributed by atoms with Crippen LogP contribution in [0.3, 0.4) is 0 Å². The summed E-state index contributed by atoms with van der Waals surface area (Å²) < 4.78 is 5.47. The predicted molar refractivity (Wildman–Crippen MR) is 128 cm³/mol. The molecule has 3 heterocycles. The molecule has 3 aromatic rings. The first-order valence-electron chi connectivity index (χ1n) is 9.99. The van der Waals surface area contributed by atoms with Crippen LogP contribution in [0.4, 0.5) is 0 Å². The number of methoxy groups -OCH3 is 1. The molecule has 0 atom stereocenters. The number of para-hydroxylation sites is 1. The van der Waals surface area contributed by atoms with Gasteiger partial charge in [-0.2, -0.15) is 0 Å². The molecule has 31 heavy (non-hydrogen) atoms. The number of halogens is 2. The highest BCUT2D eigenvalue weighted by molar-refractivity contribution is 6.07. The van der Waals surface area contributed by atoms with Crippen molar-refractivity contribution in [2.45, 2.75) is 12.8 Å². The summed E-state index contributed by atoms with van der Waals surface area (Å²) in [5.41, 5.74) is 3.13. The first kappa shape index (κ1) is 25.0. The molecule has 2 aromatic heterocycles. The standard InChI is InChI=1S/C23H26N4O2.2ClH/c1-29-16-23(8-12-25-13-9-23)15-26-22(28)19-14-21(17-6-10-24-11-7-17)27-20-5-3-2-4-18(19)20;;/h2-7,10-11,14,25H,8-9,12-13,15-16H2,1H3,(H,26,28);2*1H. The molecule has 1 fully saturated rings. The van der Waals surface area contributed by atoms with Crippen LogP contribution in [0.5, 0.6) is 0 Å². The molecular weight excluding hydrogens is 435 g/mol. The Morgan fingerprint density at radius 2 is 1.84 bits per heavy atom. The summed E-state index contributed by atoms with van der Waals surface area (Å²) in [6, 6.07) is 13.4. The highest BCUT2D eigenvalue weighted by Gasteiger charge is 2.32. The Bertz CT molecular complexity index is 990. The van der Waals surface area contributed by atoms with E-state index in [4.69, 9.17) is 9.72 Å². The van der Waals surface area contributed by atoms with Crippen LogP contribution in [0.1, 0.15) is 23.2 Å². The quantitative estimate of drug-likeness (QED) is 0.580. The summed E-state index contributed by atoms with van der Waals surface area (Å²) in [6.07, 6.45) is 5.44. The van der Waals surface area contributed by atoms with E-state index < -0.39 is 0 Å². The Morgan fingerprint density at radius 1 is 1.13 bits per heavy atom. The zero-order valence-corrected chi connectivity index (χ0v) is 19.1. The lowest BCUT2D eigenvalue weighted by Gasteiger charge is -2.37. The smallest absolute Gasteiger partial charge is 0.252 e. The van der Waals surface area contributed by atoms with Crippen LogP contribution in [-0.2, 0) is 4.74 Å². The van der Waals surface area contributed by atoms with Crippen molar-refractivity contribution < 1.29 is 9.53 Å².